The number of nitrogens with one attached hydrogen (secondary N) is 3. The van der Waals surface area contributed by atoms with Crippen molar-refractivity contribution < 1.29 is 22.8 Å². The van der Waals surface area contributed by atoms with Crippen molar-refractivity contribution in [1.82, 2.24) is 20.2 Å². The number of sulfone groups is 1. The lowest BCUT2D eigenvalue weighted by atomic mass is 10.0. The Morgan fingerprint density at radius 1 is 1.06 bits per heavy atom. The smallest absolute Gasteiger partial charge is 0.323 e. The molecule has 0 bridgehead atoms. The first kappa shape index (κ1) is 25.2. The van der Waals surface area contributed by atoms with Crippen molar-refractivity contribution in [1.29, 1.82) is 0 Å². The van der Waals surface area contributed by atoms with Gasteiger partial charge in [0.25, 0.3) is 5.91 Å². The molecule has 1 unspecified atom stereocenters. The van der Waals surface area contributed by atoms with Gasteiger partial charge in [0.1, 0.15) is 0 Å². The maximum absolute atomic E-state index is 12.8. The van der Waals surface area contributed by atoms with Crippen LogP contribution in [0.1, 0.15) is 39.1 Å². The molecule has 3 amide bonds. The summed E-state index contributed by atoms with van der Waals surface area (Å²) >= 11 is 0. The average molecular weight is 514 g/mol. The van der Waals surface area contributed by atoms with E-state index in [1.165, 1.54) is 4.90 Å². The van der Waals surface area contributed by atoms with E-state index in [0.29, 0.717) is 28.6 Å². The zero-order chi connectivity index (χ0) is 25.9. The molecule has 1 saturated heterocycles. The monoisotopic (exact) mass is 513 g/mol. The molecular weight excluding hydrogens is 486 g/mol. The van der Waals surface area contributed by atoms with Gasteiger partial charge in [0, 0.05) is 31.6 Å². The van der Waals surface area contributed by atoms with Crippen LogP contribution in [-0.4, -0.2) is 71.6 Å². The zero-order valence-corrected chi connectivity index (χ0v) is 20.3. The van der Waals surface area contributed by atoms with Crippen molar-refractivity contribution >= 4 is 38.6 Å². The number of H-pyrrole nitrogens is 2. The Hall–Kier alpha value is -3.93. The standard InChI is InChI=1S/C24H27N5O6S/c25-22(31)17-5-2-1-4-15(17)8-9-20(30)29-12-13-36(34,35)16(14-29)10-11-26-23(32)18-6-3-7-19-21(18)28-24(33)27-19/h1-7,16H,8-14H2,(H2,25,31)(H,26,32)(H2,27,28,33). The van der Waals surface area contributed by atoms with Gasteiger partial charge < -0.3 is 25.9 Å². The second kappa shape index (κ2) is 10.4. The lowest BCUT2D eigenvalue weighted by Crippen LogP contribution is -2.50. The van der Waals surface area contributed by atoms with Crippen LogP contribution >= 0.6 is 0 Å². The molecule has 3 aromatic rings. The highest BCUT2D eigenvalue weighted by molar-refractivity contribution is 7.92. The third-order valence-corrected chi connectivity index (χ3v) is 8.52. The lowest BCUT2D eigenvalue weighted by Gasteiger charge is -2.33. The Balaban J connectivity index is 1.35. The number of primary amides is 1. The number of aromatic amines is 2. The molecule has 0 aliphatic carbocycles. The number of amides is 3. The van der Waals surface area contributed by atoms with Crippen LogP contribution in [0.5, 0.6) is 0 Å². The minimum atomic E-state index is -3.43. The van der Waals surface area contributed by atoms with Crippen LogP contribution in [0, 0.1) is 0 Å². The number of benzene rings is 2. The Labute approximate surface area is 207 Å². The van der Waals surface area contributed by atoms with Gasteiger partial charge in [0.2, 0.25) is 11.8 Å². The van der Waals surface area contributed by atoms with E-state index in [1.807, 2.05) is 0 Å². The number of fused-ring (bicyclic) bond motifs is 1. The van der Waals surface area contributed by atoms with Gasteiger partial charge in [-0.25, -0.2) is 13.2 Å². The first-order valence-corrected chi connectivity index (χ1v) is 13.2. The van der Waals surface area contributed by atoms with Crippen LogP contribution in [0.25, 0.3) is 11.0 Å². The summed E-state index contributed by atoms with van der Waals surface area (Å²) in [7, 11) is -3.43. The summed E-state index contributed by atoms with van der Waals surface area (Å²) in [5.41, 5.74) is 7.14. The third-order valence-electron chi connectivity index (χ3n) is 6.37. The molecule has 0 spiro atoms. The second-order valence-electron chi connectivity index (χ2n) is 8.70. The molecule has 12 heteroatoms. The molecule has 2 aromatic carbocycles. The van der Waals surface area contributed by atoms with E-state index in [2.05, 4.69) is 15.3 Å². The van der Waals surface area contributed by atoms with Gasteiger partial charge in [-0.2, -0.15) is 0 Å². The van der Waals surface area contributed by atoms with Crippen molar-refractivity contribution in [3.63, 3.8) is 0 Å². The zero-order valence-electron chi connectivity index (χ0n) is 19.5. The van der Waals surface area contributed by atoms with E-state index < -0.39 is 32.6 Å². The number of carbonyl (C=O) groups is 3. The van der Waals surface area contributed by atoms with Crippen molar-refractivity contribution in [3.8, 4) is 0 Å². The number of hydrogen-bond donors (Lipinski definition) is 4. The Morgan fingerprint density at radius 3 is 2.58 bits per heavy atom. The largest absolute Gasteiger partial charge is 0.366 e. The van der Waals surface area contributed by atoms with Gasteiger partial charge in [-0.1, -0.05) is 24.3 Å². The minimum Gasteiger partial charge on any atom is -0.366 e. The van der Waals surface area contributed by atoms with Crippen LogP contribution in [-0.2, 0) is 21.1 Å². The Morgan fingerprint density at radius 2 is 1.81 bits per heavy atom. The van der Waals surface area contributed by atoms with Gasteiger partial charge in [0.05, 0.1) is 27.6 Å². The summed E-state index contributed by atoms with van der Waals surface area (Å²) in [5, 5.41) is 1.90. The highest BCUT2D eigenvalue weighted by Crippen LogP contribution is 2.18. The second-order valence-corrected chi connectivity index (χ2v) is 11.1. The maximum atomic E-state index is 12.8. The maximum Gasteiger partial charge on any atom is 0.323 e. The lowest BCUT2D eigenvalue weighted by molar-refractivity contribution is -0.131. The molecule has 5 N–H and O–H groups in total. The average Bonchev–Trinajstić information content (AvgIpc) is 3.23. The molecule has 2 heterocycles. The molecule has 1 aliphatic heterocycles. The van der Waals surface area contributed by atoms with Gasteiger partial charge in [-0.05, 0) is 36.6 Å². The molecule has 1 atom stereocenters. The summed E-state index contributed by atoms with van der Waals surface area (Å²) in [6.45, 7) is 0.224. The van der Waals surface area contributed by atoms with E-state index in [0.717, 1.165) is 0 Å². The van der Waals surface area contributed by atoms with Crippen LogP contribution in [0.2, 0.25) is 0 Å². The minimum absolute atomic E-state index is 0.0369. The van der Waals surface area contributed by atoms with Crippen LogP contribution in [0.4, 0.5) is 0 Å². The number of imidazole rings is 1. The number of aromatic nitrogens is 2. The fourth-order valence-corrected chi connectivity index (χ4v) is 6.11. The predicted octanol–water partition coefficient (Wildman–Crippen LogP) is 0.333. The molecule has 0 saturated carbocycles. The first-order chi connectivity index (χ1) is 17.2. The predicted molar refractivity (Wildman–Crippen MR) is 133 cm³/mol. The van der Waals surface area contributed by atoms with Gasteiger partial charge >= 0.3 is 5.69 Å². The Bertz CT molecular complexity index is 1480. The molecule has 11 nitrogen and oxygen atoms in total. The normalized spacial score (nSPS) is 17.1. The van der Waals surface area contributed by atoms with E-state index in [9.17, 15) is 27.6 Å². The topological polar surface area (TPSA) is 175 Å². The fraction of sp³-hybridized carbons (Fsp3) is 0.333. The van der Waals surface area contributed by atoms with E-state index in [4.69, 9.17) is 5.73 Å². The molecule has 1 fully saturated rings. The van der Waals surface area contributed by atoms with E-state index in [-0.39, 0.29) is 49.7 Å². The van der Waals surface area contributed by atoms with Crippen molar-refractivity contribution in [2.24, 2.45) is 5.73 Å². The van der Waals surface area contributed by atoms with Crippen molar-refractivity contribution in [2.45, 2.75) is 24.5 Å². The molecule has 1 aromatic heterocycles. The Kier molecular flexibility index (Phi) is 7.25. The van der Waals surface area contributed by atoms with Crippen LogP contribution in [0.3, 0.4) is 0 Å². The van der Waals surface area contributed by atoms with Crippen LogP contribution in [0.15, 0.2) is 47.3 Å². The molecule has 190 valence electrons. The number of rotatable bonds is 8. The summed E-state index contributed by atoms with van der Waals surface area (Å²) < 4.78 is 25.3. The van der Waals surface area contributed by atoms with Gasteiger partial charge in [-0.3, -0.25) is 14.4 Å². The number of para-hydroxylation sites is 1. The number of hydrogen-bond acceptors (Lipinski definition) is 6. The van der Waals surface area contributed by atoms with Gasteiger partial charge in [0.15, 0.2) is 9.84 Å². The van der Waals surface area contributed by atoms with Crippen molar-refractivity contribution in [3.05, 3.63) is 69.6 Å². The number of nitrogens with two attached hydrogens (primary N) is 1. The summed E-state index contributed by atoms with van der Waals surface area (Å²) in [4.78, 5) is 55.3. The highest BCUT2D eigenvalue weighted by atomic mass is 32.2. The summed E-state index contributed by atoms with van der Waals surface area (Å²) in [6, 6.07) is 11.7. The van der Waals surface area contributed by atoms with Gasteiger partial charge in [-0.15, -0.1) is 0 Å². The number of nitrogens with zero attached hydrogens (tertiary/aromatic N) is 1. The molecular formula is C24H27N5O6S. The highest BCUT2D eigenvalue weighted by Gasteiger charge is 2.34. The summed E-state index contributed by atoms with van der Waals surface area (Å²) in [6.07, 6.45) is 0.573. The SMILES string of the molecule is NC(=O)c1ccccc1CCC(=O)N1CCS(=O)(=O)C(CCNC(=O)c2cccc3[nH]c(=O)[nH]c23)C1. The van der Waals surface area contributed by atoms with Crippen molar-refractivity contribution in [2.75, 3.05) is 25.4 Å². The first-order valence-electron chi connectivity index (χ1n) is 11.5. The van der Waals surface area contributed by atoms with Crippen LogP contribution < -0.4 is 16.7 Å². The number of carbonyl (C=O) groups excluding carboxylic acids is 3. The fourth-order valence-electron chi connectivity index (χ4n) is 4.42. The quantitative estimate of drug-likeness (QED) is 0.337. The van der Waals surface area contributed by atoms with E-state index >= 15 is 0 Å². The number of aryl methyl sites for hydroxylation is 1. The molecule has 1 aliphatic rings. The van der Waals surface area contributed by atoms with E-state index in [1.54, 1.807) is 42.5 Å². The molecule has 36 heavy (non-hydrogen) atoms. The molecule has 0 radical (unpaired) electrons. The summed E-state index contributed by atoms with van der Waals surface area (Å²) in [5.74, 6) is -1.37. The molecule has 4 rings (SSSR count). The third kappa shape index (κ3) is 5.48.